The zero-order valence-corrected chi connectivity index (χ0v) is 17.4. The molecule has 0 unspecified atom stereocenters. The van der Waals surface area contributed by atoms with Crippen molar-refractivity contribution >= 4 is 6.09 Å². The van der Waals surface area contributed by atoms with Crippen LogP contribution in [0.15, 0.2) is 72.3 Å². The van der Waals surface area contributed by atoms with Gasteiger partial charge >= 0.3 is 6.09 Å². The number of carbonyl (C=O) groups excluding carboxylic acids is 1. The van der Waals surface area contributed by atoms with Crippen LogP contribution in [0.3, 0.4) is 0 Å². The maximum Gasteiger partial charge on any atom is 0.411 e. The van der Waals surface area contributed by atoms with Crippen molar-refractivity contribution in [2.24, 2.45) is 0 Å². The summed E-state index contributed by atoms with van der Waals surface area (Å²) in [5, 5.41) is 0. The summed E-state index contributed by atoms with van der Waals surface area (Å²) < 4.78 is 5.84. The molecule has 1 atom stereocenters. The van der Waals surface area contributed by atoms with Crippen LogP contribution in [0.5, 0.6) is 0 Å². The van der Waals surface area contributed by atoms with E-state index < -0.39 is 5.60 Å². The summed E-state index contributed by atoms with van der Waals surface area (Å²) in [4.78, 5) is 15.3. The van der Waals surface area contributed by atoms with Crippen LogP contribution in [0.25, 0.3) is 0 Å². The first-order valence-corrected chi connectivity index (χ1v) is 10.0. The van der Waals surface area contributed by atoms with Crippen LogP contribution in [-0.2, 0) is 17.7 Å². The van der Waals surface area contributed by atoms with Crippen LogP contribution in [0.1, 0.15) is 51.7 Å². The van der Waals surface area contributed by atoms with Crippen molar-refractivity contribution in [1.82, 2.24) is 4.90 Å². The van der Waals surface area contributed by atoms with Crippen molar-refractivity contribution in [1.29, 1.82) is 0 Å². The highest BCUT2D eigenvalue weighted by Gasteiger charge is 2.42. The van der Waals surface area contributed by atoms with Crippen LogP contribution in [0.2, 0.25) is 0 Å². The summed E-state index contributed by atoms with van der Waals surface area (Å²) in [6.45, 7) is 8.45. The first-order chi connectivity index (χ1) is 13.3. The predicted octanol–water partition coefficient (Wildman–Crippen LogP) is 6.15. The molecule has 1 amide bonds. The number of ether oxygens (including phenoxy) is 1. The monoisotopic (exact) mass is 377 g/mol. The molecule has 3 heteroatoms. The second-order valence-corrected chi connectivity index (χ2v) is 8.81. The summed E-state index contributed by atoms with van der Waals surface area (Å²) >= 11 is 0. The van der Waals surface area contributed by atoms with Crippen molar-refractivity contribution < 1.29 is 9.53 Å². The molecule has 0 spiro atoms. The number of rotatable bonds is 5. The minimum absolute atomic E-state index is 0.252. The van der Waals surface area contributed by atoms with Gasteiger partial charge < -0.3 is 4.74 Å². The van der Waals surface area contributed by atoms with E-state index in [0.29, 0.717) is 6.54 Å². The molecule has 2 aromatic rings. The Balaban J connectivity index is 1.99. The molecule has 0 saturated heterocycles. The van der Waals surface area contributed by atoms with Gasteiger partial charge in [0, 0.05) is 6.54 Å². The van der Waals surface area contributed by atoms with Gasteiger partial charge in [-0.25, -0.2) is 4.79 Å². The Bertz CT molecular complexity index is 821. The summed E-state index contributed by atoms with van der Waals surface area (Å²) in [6.07, 6.45) is 4.74. The normalized spacial score (nSPS) is 19.2. The van der Waals surface area contributed by atoms with Gasteiger partial charge in [0.05, 0.1) is 5.54 Å². The highest BCUT2D eigenvalue weighted by atomic mass is 16.6. The molecule has 0 bridgehead atoms. The number of carbonyl (C=O) groups is 1. The Labute approximate surface area is 169 Å². The maximum atomic E-state index is 13.3. The molecule has 1 aliphatic rings. The lowest BCUT2D eigenvalue weighted by Crippen LogP contribution is -2.52. The molecule has 148 valence electrons. The molecule has 0 radical (unpaired) electrons. The smallest absolute Gasteiger partial charge is 0.411 e. The van der Waals surface area contributed by atoms with E-state index in [4.69, 9.17) is 4.74 Å². The number of benzene rings is 2. The first kappa shape index (κ1) is 20.2. The van der Waals surface area contributed by atoms with Crippen molar-refractivity contribution in [3.63, 3.8) is 0 Å². The van der Waals surface area contributed by atoms with E-state index in [1.807, 2.05) is 49.9 Å². The van der Waals surface area contributed by atoms with Gasteiger partial charge in [0.25, 0.3) is 0 Å². The number of hydrogen-bond donors (Lipinski definition) is 0. The predicted molar refractivity (Wildman–Crippen MR) is 114 cm³/mol. The molecule has 0 fully saturated rings. The van der Waals surface area contributed by atoms with Crippen LogP contribution in [-0.4, -0.2) is 22.1 Å². The Morgan fingerprint density at radius 3 is 2.07 bits per heavy atom. The third-order valence-electron chi connectivity index (χ3n) is 5.16. The van der Waals surface area contributed by atoms with Crippen LogP contribution >= 0.6 is 0 Å². The van der Waals surface area contributed by atoms with Crippen molar-refractivity contribution in [3.05, 3.63) is 83.4 Å². The number of nitrogens with zero attached hydrogens (tertiary/aromatic N) is 1. The Kier molecular flexibility index (Phi) is 5.93. The lowest BCUT2D eigenvalue weighted by atomic mass is 9.88. The van der Waals surface area contributed by atoms with Gasteiger partial charge in [-0.1, -0.05) is 72.3 Å². The quantitative estimate of drug-likeness (QED) is 0.585. The summed E-state index contributed by atoms with van der Waals surface area (Å²) in [6, 6.07) is 20.6. The largest absolute Gasteiger partial charge is 0.444 e. The van der Waals surface area contributed by atoms with Gasteiger partial charge in [-0.15, -0.1) is 0 Å². The van der Waals surface area contributed by atoms with Gasteiger partial charge in [-0.05, 0) is 58.1 Å². The zero-order valence-electron chi connectivity index (χ0n) is 17.4. The number of amides is 1. The van der Waals surface area contributed by atoms with Gasteiger partial charge in [0.1, 0.15) is 5.60 Å². The average molecular weight is 378 g/mol. The van der Waals surface area contributed by atoms with E-state index in [1.165, 1.54) is 11.1 Å². The van der Waals surface area contributed by atoms with Crippen LogP contribution in [0.4, 0.5) is 4.79 Å². The number of allylic oxidation sites excluding steroid dienone is 1. The van der Waals surface area contributed by atoms with Crippen LogP contribution < -0.4 is 0 Å². The molecule has 0 heterocycles. The highest BCUT2D eigenvalue weighted by molar-refractivity contribution is 5.70. The van der Waals surface area contributed by atoms with Crippen LogP contribution in [0, 0.1) is 0 Å². The van der Waals surface area contributed by atoms with Gasteiger partial charge in [0.15, 0.2) is 0 Å². The lowest BCUT2D eigenvalue weighted by Gasteiger charge is -2.41. The van der Waals surface area contributed by atoms with E-state index in [9.17, 15) is 4.79 Å². The third kappa shape index (κ3) is 5.03. The SMILES string of the molecule is CC1=C[C@@](Cc2ccccc2)(N(Cc2ccccc2)C(=O)OC(C)(C)C)CC1. The second kappa shape index (κ2) is 8.22. The van der Waals surface area contributed by atoms with Gasteiger partial charge in [-0.3, -0.25) is 4.90 Å². The summed E-state index contributed by atoms with van der Waals surface area (Å²) in [5.74, 6) is 0. The fraction of sp³-hybridized carbons (Fsp3) is 0.400. The summed E-state index contributed by atoms with van der Waals surface area (Å²) in [7, 11) is 0. The topological polar surface area (TPSA) is 29.5 Å². The highest BCUT2D eigenvalue weighted by Crippen LogP contribution is 2.38. The molecular formula is C25H31NO2. The average Bonchev–Trinajstić information content (AvgIpc) is 3.01. The Hall–Kier alpha value is -2.55. The molecule has 0 aliphatic heterocycles. The number of hydrogen-bond acceptors (Lipinski definition) is 2. The fourth-order valence-electron chi connectivity index (χ4n) is 3.90. The van der Waals surface area contributed by atoms with E-state index in [1.54, 1.807) is 0 Å². The van der Waals surface area contributed by atoms with Crippen molar-refractivity contribution in [2.75, 3.05) is 0 Å². The molecular weight excluding hydrogens is 346 g/mol. The van der Waals surface area contributed by atoms with E-state index in [2.05, 4.69) is 49.4 Å². The molecule has 2 aromatic carbocycles. The van der Waals surface area contributed by atoms with Crippen molar-refractivity contribution in [2.45, 2.75) is 64.6 Å². The Morgan fingerprint density at radius 2 is 1.57 bits per heavy atom. The zero-order chi connectivity index (χ0) is 20.2. The van der Waals surface area contributed by atoms with E-state index in [-0.39, 0.29) is 11.6 Å². The van der Waals surface area contributed by atoms with Gasteiger partial charge in [-0.2, -0.15) is 0 Å². The van der Waals surface area contributed by atoms with Crippen molar-refractivity contribution in [3.8, 4) is 0 Å². The molecule has 3 nitrogen and oxygen atoms in total. The van der Waals surface area contributed by atoms with E-state index >= 15 is 0 Å². The summed E-state index contributed by atoms with van der Waals surface area (Å²) in [5.41, 5.74) is 2.77. The van der Waals surface area contributed by atoms with E-state index in [0.717, 1.165) is 24.8 Å². The maximum absolute atomic E-state index is 13.3. The molecule has 0 saturated carbocycles. The Morgan fingerprint density at radius 1 is 1.00 bits per heavy atom. The minimum atomic E-state index is -0.530. The molecule has 3 rings (SSSR count). The molecule has 1 aliphatic carbocycles. The minimum Gasteiger partial charge on any atom is -0.444 e. The third-order valence-corrected chi connectivity index (χ3v) is 5.16. The molecule has 0 aromatic heterocycles. The van der Waals surface area contributed by atoms with Gasteiger partial charge in [0.2, 0.25) is 0 Å². The molecule has 0 N–H and O–H groups in total. The standard InChI is InChI=1S/C25H31NO2/c1-20-15-16-25(17-20,18-21-11-7-5-8-12-21)26(23(27)28-24(2,3)4)19-22-13-9-6-10-14-22/h5-14,17H,15-16,18-19H2,1-4H3/t25-/m0/s1. The first-order valence-electron chi connectivity index (χ1n) is 10.0. The fourth-order valence-corrected chi connectivity index (χ4v) is 3.90. The molecule has 28 heavy (non-hydrogen) atoms. The second-order valence-electron chi connectivity index (χ2n) is 8.81. The lowest BCUT2D eigenvalue weighted by molar-refractivity contribution is 0.00240.